The smallest absolute Gasteiger partial charge is 0.324 e. The molecular formula is C13H13N3O8. The van der Waals surface area contributed by atoms with Gasteiger partial charge >= 0.3 is 5.69 Å². The lowest BCUT2D eigenvalue weighted by atomic mass is 10.1. The van der Waals surface area contributed by atoms with Crippen LogP contribution >= 0.6 is 0 Å². The SMILES string of the molecule is CCCOc1ccc2c(c1[N+](=O)[O-])C(=O)N(CCO[N+](=O)[O-])C2=O. The van der Waals surface area contributed by atoms with Crippen LogP contribution in [0.4, 0.5) is 5.69 Å². The molecule has 2 amide bonds. The monoisotopic (exact) mass is 339 g/mol. The van der Waals surface area contributed by atoms with Crippen LogP contribution in [0, 0.1) is 20.2 Å². The first-order valence-electron chi connectivity index (χ1n) is 6.96. The fraction of sp³-hybridized carbons (Fsp3) is 0.385. The number of rotatable bonds is 8. The highest BCUT2D eigenvalue weighted by atomic mass is 16.9. The number of nitro groups is 1. The molecule has 0 saturated carbocycles. The topological polar surface area (TPSA) is 142 Å². The number of carbonyl (C=O) groups is 2. The number of nitrogens with zero attached hydrogens (tertiary/aromatic N) is 3. The summed E-state index contributed by atoms with van der Waals surface area (Å²) in [5.74, 6) is -1.78. The zero-order chi connectivity index (χ0) is 17.9. The van der Waals surface area contributed by atoms with Gasteiger partial charge in [0.1, 0.15) is 12.2 Å². The van der Waals surface area contributed by atoms with Gasteiger partial charge in [-0.1, -0.05) is 6.92 Å². The number of benzene rings is 1. The van der Waals surface area contributed by atoms with Crippen LogP contribution in [0.15, 0.2) is 12.1 Å². The van der Waals surface area contributed by atoms with Crippen LogP contribution in [0.3, 0.4) is 0 Å². The number of carbonyl (C=O) groups excluding carboxylic acids is 2. The zero-order valence-corrected chi connectivity index (χ0v) is 12.6. The van der Waals surface area contributed by atoms with Gasteiger partial charge in [-0.15, -0.1) is 10.1 Å². The average Bonchev–Trinajstić information content (AvgIpc) is 2.76. The molecule has 0 aromatic heterocycles. The fourth-order valence-electron chi connectivity index (χ4n) is 2.26. The van der Waals surface area contributed by atoms with Crippen molar-refractivity contribution in [1.82, 2.24) is 4.90 Å². The minimum Gasteiger partial charge on any atom is -0.487 e. The Morgan fingerprint density at radius 2 is 1.83 bits per heavy atom. The summed E-state index contributed by atoms with van der Waals surface area (Å²) in [5.41, 5.74) is -1.10. The molecule has 11 nitrogen and oxygen atoms in total. The normalized spacial score (nSPS) is 13.0. The van der Waals surface area contributed by atoms with Crippen molar-refractivity contribution in [3.63, 3.8) is 0 Å². The van der Waals surface area contributed by atoms with Gasteiger partial charge in [0.2, 0.25) is 0 Å². The minimum absolute atomic E-state index is 0.106. The molecule has 1 aliphatic heterocycles. The zero-order valence-electron chi connectivity index (χ0n) is 12.6. The van der Waals surface area contributed by atoms with Crippen LogP contribution in [0.25, 0.3) is 0 Å². The number of fused-ring (bicyclic) bond motifs is 1. The summed E-state index contributed by atoms with van der Waals surface area (Å²) in [6.07, 6.45) is 0.603. The second kappa shape index (κ2) is 6.89. The summed E-state index contributed by atoms with van der Waals surface area (Å²) in [6, 6.07) is 2.52. The summed E-state index contributed by atoms with van der Waals surface area (Å²) in [5, 5.41) is 20.4. The molecule has 1 aromatic carbocycles. The number of ether oxygens (including phenoxy) is 1. The van der Waals surface area contributed by atoms with Gasteiger partial charge in [-0.05, 0) is 18.6 Å². The van der Waals surface area contributed by atoms with Crippen LogP contribution in [-0.2, 0) is 4.84 Å². The Morgan fingerprint density at radius 3 is 2.42 bits per heavy atom. The molecule has 0 bridgehead atoms. The van der Waals surface area contributed by atoms with Crippen LogP contribution in [0.5, 0.6) is 5.75 Å². The van der Waals surface area contributed by atoms with Crippen molar-refractivity contribution >= 4 is 17.5 Å². The molecule has 1 aromatic rings. The summed E-state index contributed by atoms with van der Waals surface area (Å²) in [6.45, 7) is 1.11. The molecule has 0 N–H and O–H groups in total. The summed E-state index contributed by atoms with van der Waals surface area (Å²) < 4.78 is 5.27. The predicted octanol–water partition coefficient (Wildman–Crippen LogP) is 1.19. The van der Waals surface area contributed by atoms with Crippen molar-refractivity contribution in [2.75, 3.05) is 19.8 Å². The highest BCUT2D eigenvalue weighted by molar-refractivity contribution is 6.23. The van der Waals surface area contributed by atoms with Gasteiger partial charge in [-0.2, -0.15) is 0 Å². The van der Waals surface area contributed by atoms with Crippen molar-refractivity contribution < 1.29 is 29.2 Å². The van der Waals surface area contributed by atoms with Gasteiger partial charge in [-0.25, -0.2) is 0 Å². The quantitative estimate of drug-likeness (QED) is 0.390. The van der Waals surface area contributed by atoms with E-state index >= 15 is 0 Å². The van der Waals surface area contributed by atoms with Gasteiger partial charge in [0.05, 0.1) is 23.6 Å². The first-order valence-corrected chi connectivity index (χ1v) is 6.96. The molecule has 11 heteroatoms. The average molecular weight is 339 g/mol. The minimum atomic E-state index is -1.06. The second-order valence-electron chi connectivity index (χ2n) is 4.76. The van der Waals surface area contributed by atoms with E-state index in [1.165, 1.54) is 12.1 Å². The van der Waals surface area contributed by atoms with Gasteiger partial charge in [0.25, 0.3) is 16.9 Å². The maximum atomic E-state index is 12.4. The van der Waals surface area contributed by atoms with E-state index in [2.05, 4.69) is 4.84 Å². The van der Waals surface area contributed by atoms with E-state index in [1.54, 1.807) is 0 Å². The van der Waals surface area contributed by atoms with Crippen molar-refractivity contribution in [3.05, 3.63) is 43.5 Å². The van der Waals surface area contributed by atoms with Crippen LogP contribution in [0.1, 0.15) is 34.1 Å². The molecule has 0 saturated heterocycles. The Morgan fingerprint density at radius 1 is 1.12 bits per heavy atom. The van der Waals surface area contributed by atoms with Gasteiger partial charge in [0, 0.05) is 0 Å². The van der Waals surface area contributed by atoms with E-state index in [4.69, 9.17) is 4.74 Å². The van der Waals surface area contributed by atoms with Crippen LogP contribution in [0.2, 0.25) is 0 Å². The lowest BCUT2D eigenvalue weighted by molar-refractivity contribution is -0.757. The first kappa shape index (κ1) is 17.1. The Bertz CT molecular complexity index is 717. The lowest BCUT2D eigenvalue weighted by Gasteiger charge is -2.12. The molecule has 1 heterocycles. The third-order valence-electron chi connectivity index (χ3n) is 3.23. The second-order valence-corrected chi connectivity index (χ2v) is 4.76. The van der Waals surface area contributed by atoms with E-state index in [-0.39, 0.29) is 23.5 Å². The number of amides is 2. The van der Waals surface area contributed by atoms with Crippen molar-refractivity contribution in [1.29, 1.82) is 0 Å². The maximum Gasteiger partial charge on any atom is 0.324 e. The van der Waals surface area contributed by atoms with Crippen molar-refractivity contribution in [2.24, 2.45) is 0 Å². The molecular weight excluding hydrogens is 326 g/mol. The third kappa shape index (κ3) is 3.09. The number of hydrogen-bond acceptors (Lipinski definition) is 8. The highest BCUT2D eigenvalue weighted by Gasteiger charge is 2.42. The highest BCUT2D eigenvalue weighted by Crippen LogP contribution is 2.38. The Labute approximate surface area is 135 Å². The standard InChI is InChI=1S/C13H13N3O8/c1-2-6-23-9-4-3-8-10(11(9)15(19)20)13(18)14(12(8)17)5-7-24-16(21)22/h3-4H,2,5-7H2,1H3. The predicted molar refractivity (Wildman–Crippen MR) is 77.2 cm³/mol. The fourth-order valence-corrected chi connectivity index (χ4v) is 2.26. The van der Waals surface area contributed by atoms with Crippen molar-refractivity contribution in [2.45, 2.75) is 13.3 Å². The van der Waals surface area contributed by atoms with E-state index in [9.17, 15) is 29.8 Å². The third-order valence-corrected chi connectivity index (χ3v) is 3.23. The largest absolute Gasteiger partial charge is 0.487 e. The molecule has 0 aliphatic carbocycles. The Hall–Kier alpha value is -3.24. The maximum absolute atomic E-state index is 12.4. The number of hydrogen-bond donors (Lipinski definition) is 0. The molecule has 24 heavy (non-hydrogen) atoms. The van der Waals surface area contributed by atoms with Crippen LogP contribution in [-0.4, -0.2) is 46.5 Å². The Balaban J connectivity index is 2.37. The summed E-state index contributed by atoms with van der Waals surface area (Å²) in [7, 11) is 0. The van der Waals surface area contributed by atoms with Gasteiger partial charge in [-0.3, -0.25) is 24.6 Å². The molecule has 0 unspecified atom stereocenters. The van der Waals surface area contributed by atoms with E-state index in [1.807, 2.05) is 6.92 Å². The van der Waals surface area contributed by atoms with E-state index in [0.29, 0.717) is 11.3 Å². The van der Waals surface area contributed by atoms with Gasteiger partial charge in [0.15, 0.2) is 5.75 Å². The Kier molecular flexibility index (Phi) is 4.92. The lowest BCUT2D eigenvalue weighted by Crippen LogP contribution is -2.33. The first-order chi connectivity index (χ1) is 11.4. The summed E-state index contributed by atoms with van der Waals surface area (Å²) >= 11 is 0. The molecule has 0 fully saturated rings. The molecule has 1 aliphatic rings. The molecule has 0 radical (unpaired) electrons. The molecule has 2 rings (SSSR count). The van der Waals surface area contributed by atoms with E-state index in [0.717, 1.165) is 0 Å². The summed E-state index contributed by atoms with van der Waals surface area (Å²) in [4.78, 5) is 50.0. The van der Waals surface area contributed by atoms with Crippen LogP contribution < -0.4 is 4.74 Å². The van der Waals surface area contributed by atoms with E-state index < -0.39 is 40.7 Å². The molecule has 0 atom stereocenters. The van der Waals surface area contributed by atoms with Crippen molar-refractivity contribution in [3.8, 4) is 5.75 Å². The molecule has 0 spiro atoms. The number of imide groups is 1. The number of nitro benzene ring substituents is 1. The van der Waals surface area contributed by atoms with Gasteiger partial charge < -0.3 is 9.57 Å². The molecule has 128 valence electrons.